The Morgan fingerprint density at radius 2 is 1.50 bits per heavy atom. The molecule has 2 aliphatic heterocycles. The van der Waals surface area contributed by atoms with Crippen LogP contribution in [0.3, 0.4) is 0 Å². The first-order valence-electron chi connectivity index (χ1n) is 9.16. The normalized spacial score (nSPS) is 25.2. The third-order valence-electron chi connectivity index (χ3n) is 5.44. The first-order chi connectivity index (χ1) is 13.7. The van der Waals surface area contributed by atoms with E-state index in [4.69, 9.17) is 21.3 Å². The molecule has 5 heteroatoms. The van der Waals surface area contributed by atoms with Crippen molar-refractivity contribution in [3.8, 4) is 5.75 Å². The van der Waals surface area contributed by atoms with E-state index < -0.39 is 0 Å². The van der Waals surface area contributed by atoms with E-state index in [1.165, 1.54) is 17.7 Å². The molecular formula is C23H18ClFN2O. The van der Waals surface area contributed by atoms with Crippen molar-refractivity contribution in [1.82, 2.24) is 4.90 Å². The summed E-state index contributed by atoms with van der Waals surface area (Å²) in [5.74, 6) is 0.601. The van der Waals surface area contributed by atoms with Crippen LogP contribution in [-0.4, -0.2) is 23.8 Å². The van der Waals surface area contributed by atoms with Gasteiger partial charge in [0.2, 0.25) is 0 Å². The molecule has 3 nitrogen and oxygen atoms in total. The second-order valence-corrected chi connectivity index (χ2v) is 7.49. The molecule has 2 heterocycles. The van der Waals surface area contributed by atoms with Crippen LogP contribution in [0.5, 0.6) is 5.75 Å². The van der Waals surface area contributed by atoms with Crippen LogP contribution >= 0.6 is 11.6 Å². The molecule has 3 aromatic carbocycles. The zero-order valence-electron chi connectivity index (χ0n) is 15.2. The minimum atomic E-state index is -0.238. The molecule has 5 rings (SSSR count). The number of ether oxygens (including phenoxy) is 1. The number of rotatable bonds is 4. The van der Waals surface area contributed by atoms with E-state index in [9.17, 15) is 4.39 Å². The highest BCUT2D eigenvalue weighted by Crippen LogP contribution is 2.55. The molecule has 0 saturated carbocycles. The Labute approximate surface area is 168 Å². The van der Waals surface area contributed by atoms with Crippen LogP contribution in [0.1, 0.15) is 28.9 Å². The number of halogens is 2. The molecule has 28 heavy (non-hydrogen) atoms. The van der Waals surface area contributed by atoms with Gasteiger partial charge in [0.25, 0.3) is 0 Å². The van der Waals surface area contributed by atoms with Gasteiger partial charge in [0.15, 0.2) is 0 Å². The minimum Gasteiger partial charge on any atom is -0.497 e. The average molecular weight is 393 g/mol. The van der Waals surface area contributed by atoms with Gasteiger partial charge in [-0.05, 0) is 53.1 Å². The molecule has 140 valence electrons. The molecule has 0 N–H and O–H groups in total. The molecule has 0 bridgehead atoms. The van der Waals surface area contributed by atoms with Crippen LogP contribution in [0.2, 0.25) is 5.02 Å². The number of benzene rings is 3. The van der Waals surface area contributed by atoms with Crippen molar-refractivity contribution in [2.45, 2.75) is 18.2 Å². The summed E-state index contributed by atoms with van der Waals surface area (Å²) in [4.78, 5) is 7.34. The van der Waals surface area contributed by atoms with Crippen LogP contribution in [0.25, 0.3) is 0 Å². The fourth-order valence-electron chi connectivity index (χ4n) is 4.02. The third kappa shape index (κ3) is 2.89. The van der Waals surface area contributed by atoms with Crippen LogP contribution in [0, 0.1) is 5.82 Å². The van der Waals surface area contributed by atoms with Gasteiger partial charge in [-0.15, -0.1) is 0 Å². The zero-order valence-corrected chi connectivity index (χ0v) is 16.0. The van der Waals surface area contributed by atoms with Crippen molar-refractivity contribution in [2.24, 2.45) is 4.99 Å². The Hall–Kier alpha value is -2.69. The van der Waals surface area contributed by atoms with E-state index in [-0.39, 0.29) is 24.1 Å². The van der Waals surface area contributed by atoms with Gasteiger partial charge in [0.1, 0.15) is 17.7 Å². The highest BCUT2D eigenvalue weighted by atomic mass is 35.5. The average Bonchev–Trinajstić information content (AvgIpc) is 3.34. The lowest BCUT2D eigenvalue weighted by molar-refractivity contribution is 0.402. The second-order valence-electron chi connectivity index (χ2n) is 7.06. The van der Waals surface area contributed by atoms with Gasteiger partial charge in [-0.3, -0.25) is 9.89 Å². The maximum absolute atomic E-state index is 13.4. The standard InChI is InChI=1S/C23H18ClFN2O/c1-28-19-12-6-15(7-13-19)21-22-20(14-2-8-17(24)9-3-14)26-23(27(21)22)16-4-10-18(25)11-5-16/h2-13,21-23H,1H3/t21-,22-,23-,27?/m1/s1. The first kappa shape index (κ1) is 17.4. The van der Waals surface area contributed by atoms with Gasteiger partial charge in [-0.1, -0.05) is 48.0 Å². The quantitative estimate of drug-likeness (QED) is 0.554. The molecule has 0 radical (unpaired) electrons. The number of nitrogens with zero attached hydrogens (tertiary/aromatic N) is 2. The van der Waals surface area contributed by atoms with Crippen molar-refractivity contribution in [2.75, 3.05) is 7.11 Å². The van der Waals surface area contributed by atoms with Gasteiger partial charge in [0, 0.05) is 5.02 Å². The van der Waals surface area contributed by atoms with Gasteiger partial charge >= 0.3 is 0 Å². The van der Waals surface area contributed by atoms with Crippen molar-refractivity contribution >= 4 is 17.3 Å². The minimum absolute atomic E-state index is 0.122. The summed E-state index contributed by atoms with van der Waals surface area (Å²) < 4.78 is 18.7. The van der Waals surface area contributed by atoms with E-state index in [1.54, 1.807) is 7.11 Å². The number of hydrogen-bond donors (Lipinski definition) is 0. The van der Waals surface area contributed by atoms with E-state index in [1.807, 2.05) is 48.5 Å². The molecular weight excluding hydrogens is 375 g/mol. The molecule has 0 spiro atoms. The molecule has 0 aliphatic carbocycles. The van der Waals surface area contributed by atoms with Crippen LogP contribution < -0.4 is 4.74 Å². The topological polar surface area (TPSA) is 24.6 Å². The highest BCUT2D eigenvalue weighted by molar-refractivity contribution is 6.30. The van der Waals surface area contributed by atoms with Crippen LogP contribution in [0.4, 0.5) is 4.39 Å². The molecule has 3 aromatic rings. The Morgan fingerprint density at radius 1 is 0.857 bits per heavy atom. The molecule has 4 atom stereocenters. The molecule has 2 aliphatic rings. The maximum Gasteiger partial charge on any atom is 0.129 e. The largest absolute Gasteiger partial charge is 0.497 e. The second kappa shape index (κ2) is 6.73. The summed E-state index contributed by atoms with van der Waals surface area (Å²) in [5, 5.41) is 0.705. The lowest BCUT2D eigenvalue weighted by Crippen LogP contribution is -2.08. The highest BCUT2D eigenvalue weighted by Gasteiger charge is 2.59. The van der Waals surface area contributed by atoms with Crippen molar-refractivity contribution in [3.05, 3.63) is 100 Å². The number of methoxy groups -OCH3 is 1. The summed E-state index contributed by atoms with van der Waals surface area (Å²) in [7, 11) is 1.67. The maximum atomic E-state index is 13.4. The Morgan fingerprint density at radius 3 is 2.14 bits per heavy atom. The summed E-state index contributed by atoms with van der Waals surface area (Å²) in [6, 6.07) is 23.0. The van der Waals surface area contributed by atoms with Gasteiger partial charge in [-0.2, -0.15) is 0 Å². The first-order valence-corrected chi connectivity index (χ1v) is 9.54. The fourth-order valence-corrected chi connectivity index (χ4v) is 4.15. The lowest BCUT2D eigenvalue weighted by Gasteiger charge is -2.15. The van der Waals surface area contributed by atoms with Crippen molar-refractivity contribution < 1.29 is 9.13 Å². The smallest absolute Gasteiger partial charge is 0.129 e. The summed E-state index contributed by atoms with van der Waals surface area (Å²) in [6.07, 6.45) is -0.122. The number of hydrogen-bond acceptors (Lipinski definition) is 3. The SMILES string of the molecule is COc1ccc([C@@H]2[C@H]3C(c4ccc(Cl)cc4)=N[C@@H](c4ccc(F)cc4)N32)cc1. The van der Waals surface area contributed by atoms with E-state index in [2.05, 4.69) is 17.0 Å². The Balaban J connectivity index is 1.53. The van der Waals surface area contributed by atoms with Crippen LogP contribution in [-0.2, 0) is 0 Å². The van der Waals surface area contributed by atoms with Gasteiger partial charge < -0.3 is 4.74 Å². The number of aliphatic imine (C=N–C) groups is 1. The molecule has 1 unspecified atom stereocenters. The predicted molar refractivity (Wildman–Crippen MR) is 108 cm³/mol. The van der Waals surface area contributed by atoms with Crippen molar-refractivity contribution in [1.29, 1.82) is 0 Å². The zero-order chi connectivity index (χ0) is 19.3. The third-order valence-corrected chi connectivity index (χ3v) is 5.69. The number of fused-ring (bicyclic) bond motifs is 1. The van der Waals surface area contributed by atoms with Gasteiger partial charge in [0.05, 0.1) is 24.9 Å². The molecule has 0 aromatic heterocycles. The van der Waals surface area contributed by atoms with Gasteiger partial charge in [-0.25, -0.2) is 4.39 Å². The van der Waals surface area contributed by atoms with E-state index in [0.29, 0.717) is 5.02 Å². The molecule has 0 amide bonds. The lowest BCUT2D eigenvalue weighted by atomic mass is 10.0. The van der Waals surface area contributed by atoms with Crippen molar-refractivity contribution in [3.63, 3.8) is 0 Å². The molecule has 1 saturated heterocycles. The monoisotopic (exact) mass is 392 g/mol. The summed E-state index contributed by atoms with van der Waals surface area (Å²) >= 11 is 6.06. The van der Waals surface area contributed by atoms with E-state index in [0.717, 1.165) is 22.6 Å². The summed E-state index contributed by atoms with van der Waals surface area (Å²) in [5.41, 5.74) is 4.33. The Kier molecular flexibility index (Phi) is 4.18. The predicted octanol–water partition coefficient (Wildman–Crippen LogP) is 5.41. The summed E-state index contributed by atoms with van der Waals surface area (Å²) in [6.45, 7) is 0. The fraction of sp³-hybridized carbons (Fsp3) is 0.174. The Bertz CT molecular complexity index is 1030. The van der Waals surface area contributed by atoms with E-state index >= 15 is 0 Å². The van der Waals surface area contributed by atoms with Crippen LogP contribution in [0.15, 0.2) is 77.8 Å². The molecule has 1 fully saturated rings.